The average molecular weight is 292 g/mol. The number of H-pyrrole nitrogens is 1. The van der Waals surface area contributed by atoms with Gasteiger partial charge in [0.05, 0.1) is 12.7 Å². The summed E-state index contributed by atoms with van der Waals surface area (Å²) in [5.74, 6) is -1.55. The van der Waals surface area contributed by atoms with E-state index in [9.17, 15) is 22.8 Å². The normalized spacial score (nSPS) is 11.3. The van der Waals surface area contributed by atoms with Crippen molar-refractivity contribution in [3.63, 3.8) is 0 Å². The van der Waals surface area contributed by atoms with Crippen LogP contribution in [0.4, 0.5) is 13.2 Å². The van der Waals surface area contributed by atoms with E-state index in [4.69, 9.17) is 0 Å². The van der Waals surface area contributed by atoms with Crippen molar-refractivity contribution in [3.8, 4) is 0 Å². The van der Waals surface area contributed by atoms with Gasteiger partial charge in [0, 0.05) is 5.69 Å². The third kappa shape index (κ3) is 3.52. The summed E-state index contributed by atoms with van der Waals surface area (Å²) in [6.07, 6.45) is -4.08. The van der Waals surface area contributed by atoms with Gasteiger partial charge >= 0.3 is 12.1 Å². The Bertz CT molecular complexity index is 521. The summed E-state index contributed by atoms with van der Waals surface area (Å²) in [7, 11) is 1.19. The predicted octanol–water partition coefficient (Wildman–Crippen LogP) is 1.96. The molecule has 0 saturated carbocycles. The Morgan fingerprint density at radius 3 is 2.40 bits per heavy atom. The first-order valence-electron chi connectivity index (χ1n) is 5.86. The van der Waals surface area contributed by atoms with Gasteiger partial charge in [-0.25, -0.2) is 4.79 Å². The summed E-state index contributed by atoms with van der Waals surface area (Å²) in [5, 5.41) is 1.75. The van der Waals surface area contributed by atoms with Crippen molar-refractivity contribution in [3.05, 3.63) is 22.5 Å². The van der Waals surface area contributed by atoms with E-state index in [1.165, 1.54) is 14.0 Å². The number of hydrogen-bond donors (Lipinski definition) is 2. The van der Waals surface area contributed by atoms with Crippen LogP contribution < -0.4 is 5.32 Å². The van der Waals surface area contributed by atoms with Crippen LogP contribution in [0.15, 0.2) is 0 Å². The third-order valence-corrected chi connectivity index (χ3v) is 2.75. The second-order valence-electron chi connectivity index (χ2n) is 4.12. The van der Waals surface area contributed by atoms with E-state index < -0.39 is 24.6 Å². The van der Waals surface area contributed by atoms with Crippen molar-refractivity contribution in [2.24, 2.45) is 0 Å². The fourth-order valence-electron chi connectivity index (χ4n) is 1.80. The maximum Gasteiger partial charge on any atom is 0.405 e. The van der Waals surface area contributed by atoms with Gasteiger partial charge in [0.15, 0.2) is 0 Å². The summed E-state index contributed by atoms with van der Waals surface area (Å²) in [6, 6.07) is 0. The second-order valence-corrected chi connectivity index (χ2v) is 4.12. The Balaban J connectivity index is 3.05. The number of ether oxygens (including phenoxy) is 1. The zero-order valence-electron chi connectivity index (χ0n) is 11.3. The molecule has 1 aromatic rings. The predicted molar refractivity (Wildman–Crippen MR) is 64.6 cm³/mol. The summed E-state index contributed by atoms with van der Waals surface area (Å²) < 4.78 is 40.8. The van der Waals surface area contributed by atoms with Gasteiger partial charge in [-0.1, -0.05) is 6.92 Å². The Morgan fingerprint density at radius 1 is 1.35 bits per heavy atom. The number of carbonyl (C=O) groups excluding carboxylic acids is 2. The van der Waals surface area contributed by atoms with Crippen molar-refractivity contribution in [1.82, 2.24) is 10.3 Å². The van der Waals surface area contributed by atoms with Crippen LogP contribution >= 0.6 is 0 Å². The molecule has 0 spiro atoms. The van der Waals surface area contributed by atoms with E-state index in [-0.39, 0.29) is 16.8 Å². The van der Waals surface area contributed by atoms with Crippen LogP contribution in [0.5, 0.6) is 0 Å². The lowest BCUT2D eigenvalue weighted by Crippen LogP contribution is -2.34. The zero-order chi connectivity index (χ0) is 15.5. The van der Waals surface area contributed by atoms with E-state index in [2.05, 4.69) is 9.72 Å². The number of halogens is 3. The molecule has 112 valence electrons. The number of hydrogen-bond acceptors (Lipinski definition) is 3. The molecule has 20 heavy (non-hydrogen) atoms. The summed E-state index contributed by atoms with van der Waals surface area (Å²) in [5.41, 5.74) is 0.846. The molecular weight excluding hydrogens is 277 g/mol. The Hall–Kier alpha value is -1.99. The molecule has 0 bridgehead atoms. The van der Waals surface area contributed by atoms with Gasteiger partial charge in [-0.15, -0.1) is 0 Å². The Labute approximate surface area is 113 Å². The first-order valence-corrected chi connectivity index (χ1v) is 5.86. The fourth-order valence-corrected chi connectivity index (χ4v) is 1.80. The molecule has 1 aromatic heterocycles. The number of aromatic nitrogens is 1. The number of esters is 1. The molecule has 1 rings (SSSR count). The molecule has 1 amide bonds. The van der Waals surface area contributed by atoms with E-state index in [1.807, 2.05) is 0 Å². The second kappa shape index (κ2) is 5.98. The minimum absolute atomic E-state index is 0.0634. The lowest BCUT2D eigenvalue weighted by molar-refractivity contribution is -0.123. The van der Waals surface area contributed by atoms with Crippen molar-refractivity contribution in [2.75, 3.05) is 13.7 Å². The van der Waals surface area contributed by atoms with Gasteiger partial charge in [-0.05, 0) is 18.9 Å². The maximum atomic E-state index is 12.1. The number of nitrogens with one attached hydrogen (secondary N) is 2. The highest BCUT2D eigenvalue weighted by Gasteiger charge is 2.29. The molecule has 0 aromatic carbocycles. The van der Waals surface area contributed by atoms with Crippen LogP contribution in [-0.4, -0.2) is 36.7 Å². The SMILES string of the molecule is CCc1[nH]c(C(=O)NCC(F)(F)F)c(C)c1C(=O)OC. The standard InChI is InChI=1S/C12H15F3N2O3/c1-4-7-8(11(19)20-3)6(2)9(17-7)10(18)16-5-12(13,14)15/h17H,4-5H2,1-3H3,(H,16,18). The highest BCUT2D eigenvalue weighted by molar-refractivity contribution is 6.00. The molecular formula is C12H15F3N2O3. The minimum Gasteiger partial charge on any atom is -0.465 e. The molecule has 5 nitrogen and oxygen atoms in total. The molecule has 0 radical (unpaired) electrons. The average Bonchev–Trinajstić information content (AvgIpc) is 2.71. The lowest BCUT2D eigenvalue weighted by atomic mass is 10.1. The van der Waals surface area contributed by atoms with Crippen molar-refractivity contribution in [1.29, 1.82) is 0 Å². The van der Waals surface area contributed by atoms with Crippen LogP contribution in [-0.2, 0) is 11.2 Å². The molecule has 0 aliphatic heterocycles. The first-order chi connectivity index (χ1) is 9.21. The fraction of sp³-hybridized carbons (Fsp3) is 0.500. The van der Waals surface area contributed by atoms with Crippen molar-refractivity contribution >= 4 is 11.9 Å². The summed E-state index contributed by atoms with van der Waals surface area (Å²) in [4.78, 5) is 26.0. The Morgan fingerprint density at radius 2 is 1.95 bits per heavy atom. The molecule has 1 heterocycles. The topological polar surface area (TPSA) is 71.2 Å². The van der Waals surface area contributed by atoms with Crippen molar-refractivity contribution < 1.29 is 27.5 Å². The molecule has 0 atom stereocenters. The lowest BCUT2D eigenvalue weighted by Gasteiger charge is -2.07. The van der Waals surface area contributed by atoms with Crippen LogP contribution in [0.3, 0.4) is 0 Å². The number of rotatable bonds is 4. The van der Waals surface area contributed by atoms with E-state index in [0.29, 0.717) is 12.1 Å². The summed E-state index contributed by atoms with van der Waals surface area (Å²) in [6.45, 7) is 1.79. The summed E-state index contributed by atoms with van der Waals surface area (Å²) >= 11 is 0. The number of aromatic amines is 1. The first kappa shape index (κ1) is 16.1. The third-order valence-electron chi connectivity index (χ3n) is 2.75. The highest BCUT2D eigenvalue weighted by atomic mass is 19.4. The van der Waals surface area contributed by atoms with Gasteiger partial charge < -0.3 is 15.0 Å². The number of alkyl halides is 3. The van der Waals surface area contributed by atoms with Crippen LogP contribution in [0.1, 0.15) is 39.0 Å². The van der Waals surface area contributed by atoms with E-state index in [1.54, 1.807) is 12.2 Å². The highest BCUT2D eigenvalue weighted by Crippen LogP contribution is 2.20. The van der Waals surface area contributed by atoms with Crippen LogP contribution in [0.2, 0.25) is 0 Å². The zero-order valence-corrected chi connectivity index (χ0v) is 11.3. The van der Waals surface area contributed by atoms with Crippen LogP contribution in [0, 0.1) is 6.92 Å². The van der Waals surface area contributed by atoms with Crippen LogP contribution in [0.25, 0.3) is 0 Å². The maximum absolute atomic E-state index is 12.1. The number of aryl methyl sites for hydroxylation is 1. The quantitative estimate of drug-likeness (QED) is 0.833. The van der Waals surface area contributed by atoms with E-state index in [0.717, 1.165) is 0 Å². The van der Waals surface area contributed by atoms with E-state index >= 15 is 0 Å². The van der Waals surface area contributed by atoms with Gasteiger partial charge in [-0.2, -0.15) is 13.2 Å². The van der Waals surface area contributed by atoms with Crippen molar-refractivity contribution in [2.45, 2.75) is 26.4 Å². The van der Waals surface area contributed by atoms with Gasteiger partial charge in [-0.3, -0.25) is 4.79 Å². The number of amides is 1. The molecule has 0 aliphatic rings. The van der Waals surface area contributed by atoms with Gasteiger partial charge in [0.1, 0.15) is 12.2 Å². The Kier molecular flexibility index (Phi) is 4.80. The molecule has 0 fully saturated rings. The monoisotopic (exact) mass is 292 g/mol. The van der Waals surface area contributed by atoms with Gasteiger partial charge in [0.25, 0.3) is 5.91 Å². The molecule has 2 N–H and O–H groups in total. The largest absolute Gasteiger partial charge is 0.465 e. The molecule has 0 unspecified atom stereocenters. The molecule has 8 heteroatoms. The minimum atomic E-state index is -4.49. The number of carbonyl (C=O) groups is 2. The van der Waals surface area contributed by atoms with Gasteiger partial charge in [0.2, 0.25) is 0 Å². The molecule has 0 aliphatic carbocycles. The molecule has 0 saturated heterocycles. The smallest absolute Gasteiger partial charge is 0.405 e. The number of methoxy groups -OCH3 is 1.